The Morgan fingerprint density at radius 1 is 1.11 bits per heavy atom. The first-order valence-corrected chi connectivity index (χ1v) is 10.0. The number of halogens is 1. The van der Waals surface area contributed by atoms with Crippen LogP contribution in [-0.4, -0.2) is 43.5 Å². The highest BCUT2D eigenvalue weighted by atomic mass is 35.5. The number of hydrogen-bond acceptors (Lipinski definition) is 3. The lowest BCUT2D eigenvalue weighted by molar-refractivity contribution is -0.116. The van der Waals surface area contributed by atoms with Crippen molar-refractivity contribution in [2.24, 2.45) is 0 Å². The number of likely N-dealkylation sites (N-methyl/N-ethyl adjacent to an activating group) is 1. The van der Waals surface area contributed by atoms with Crippen LogP contribution >= 0.6 is 11.6 Å². The van der Waals surface area contributed by atoms with Gasteiger partial charge in [0, 0.05) is 49.0 Å². The van der Waals surface area contributed by atoms with Crippen molar-refractivity contribution < 1.29 is 4.79 Å². The number of aryl methyl sites for hydroxylation is 2. The third-order valence-corrected chi connectivity index (χ3v) is 5.43. The largest absolute Gasteiger partial charge is 0.369 e. The maximum atomic E-state index is 12.3. The normalized spacial score (nSPS) is 15.0. The molecule has 1 fully saturated rings. The second-order valence-corrected chi connectivity index (χ2v) is 7.54. The molecular formula is C22H28ClN3O. The highest BCUT2D eigenvalue weighted by Gasteiger charge is 2.16. The van der Waals surface area contributed by atoms with Crippen molar-refractivity contribution in [1.82, 2.24) is 4.90 Å². The minimum Gasteiger partial charge on any atom is -0.369 e. The third-order valence-electron chi connectivity index (χ3n) is 5.20. The number of benzene rings is 2. The van der Waals surface area contributed by atoms with Gasteiger partial charge in [-0.1, -0.05) is 30.7 Å². The van der Waals surface area contributed by atoms with Crippen LogP contribution in [0.1, 0.15) is 24.5 Å². The molecule has 0 atom stereocenters. The van der Waals surface area contributed by atoms with Crippen molar-refractivity contribution >= 4 is 28.9 Å². The van der Waals surface area contributed by atoms with Crippen LogP contribution in [0, 0.1) is 6.92 Å². The van der Waals surface area contributed by atoms with E-state index in [-0.39, 0.29) is 5.91 Å². The minimum atomic E-state index is 0.0300. The molecule has 144 valence electrons. The molecule has 27 heavy (non-hydrogen) atoms. The number of piperazine rings is 1. The lowest BCUT2D eigenvalue weighted by Crippen LogP contribution is -2.46. The predicted octanol–water partition coefficient (Wildman–Crippen LogP) is 4.36. The highest BCUT2D eigenvalue weighted by molar-refractivity contribution is 6.30. The zero-order chi connectivity index (χ0) is 19.2. The van der Waals surface area contributed by atoms with Gasteiger partial charge in [0.25, 0.3) is 0 Å². The lowest BCUT2D eigenvalue weighted by atomic mass is 10.1. The first kappa shape index (κ1) is 19.7. The zero-order valence-corrected chi connectivity index (χ0v) is 16.9. The summed E-state index contributed by atoms with van der Waals surface area (Å²) in [6.07, 6.45) is 1.13. The van der Waals surface area contributed by atoms with Gasteiger partial charge in [0.2, 0.25) is 5.91 Å². The number of anilines is 2. The minimum absolute atomic E-state index is 0.0300. The van der Waals surface area contributed by atoms with Gasteiger partial charge in [-0.15, -0.1) is 0 Å². The van der Waals surface area contributed by atoms with Crippen LogP contribution in [0.5, 0.6) is 0 Å². The molecule has 2 aromatic carbocycles. The highest BCUT2D eigenvalue weighted by Crippen LogP contribution is 2.24. The van der Waals surface area contributed by atoms with Crippen LogP contribution in [0.15, 0.2) is 42.5 Å². The maximum absolute atomic E-state index is 12.3. The molecule has 1 heterocycles. The van der Waals surface area contributed by atoms with E-state index >= 15 is 0 Å². The first-order valence-electron chi connectivity index (χ1n) is 9.67. The molecule has 2 aromatic rings. The summed E-state index contributed by atoms with van der Waals surface area (Å²) in [4.78, 5) is 17.2. The molecule has 1 N–H and O–H groups in total. The topological polar surface area (TPSA) is 35.6 Å². The molecule has 1 aliphatic rings. The number of carbonyl (C=O) groups excluding carboxylic acids is 1. The van der Waals surface area contributed by atoms with Crippen LogP contribution in [0.25, 0.3) is 0 Å². The molecule has 3 rings (SSSR count). The Morgan fingerprint density at radius 2 is 1.89 bits per heavy atom. The van der Waals surface area contributed by atoms with Gasteiger partial charge >= 0.3 is 0 Å². The second kappa shape index (κ2) is 9.25. The van der Waals surface area contributed by atoms with Crippen LogP contribution in [-0.2, 0) is 11.2 Å². The van der Waals surface area contributed by atoms with Crippen molar-refractivity contribution in [2.45, 2.75) is 26.7 Å². The van der Waals surface area contributed by atoms with E-state index in [1.165, 1.54) is 5.69 Å². The van der Waals surface area contributed by atoms with Crippen molar-refractivity contribution in [3.05, 3.63) is 58.6 Å². The van der Waals surface area contributed by atoms with Gasteiger partial charge in [-0.2, -0.15) is 0 Å². The van der Waals surface area contributed by atoms with Gasteiger partial charge in [-0.25, -0.2) is 0 Å². The maximum Gasteiger partial charge on any atom is 0.224 e. The molecule has 4 nitrogen and oxygen atoms in total. The molecular weight excluding hydrogens is 358 g/mol. The Labute approximate surface area is 167 Å². The van der Waals surface area contributed by atoms with Gasteiger partial charge in [-0.05, 0) is 61.3 Å². The molecule has 0 unspecified atom stereocenters. The predicted molar refractivity (Wildman–Crippen MR) is 114 cm³/mol. The molecule has 0 bridgehead atoms. The summed E-state index contributed by atoms with van der Waals surface area (Å²) in [7, 11) is 0. The summed E-state index contributed by atoms with van der Waals surface area (Å²) in [6.45, 7) is 9.71. The Morgan fingerprint density at radius 3 is 2.56 bits per heavy atom. The standard InChI is InChI=1S/C22H28ClN3O/c1-3-25-11-13-26(14-12-25)20-8-9-21(17(2)15-20)24-22(27)10-7-18-5-4-6-19(23)16-18/h4-6,8-9,15-16H,3,7,10-14H2,1-2H3,(H,24,27). The average Bonchev–Trinajstić information content (AvgIpc) is 2.68. The molecule has 1 aliphatic heterocycles. The number of nitrogens with zero attached hydrogens (tertiary/aromatic N) is 2. The third kappa shape index (κ3) is 5.47. The van der Waals surface area contributed by atoms with Crippen molar-refractivity contribution in [1.29, 1.82) is 0 Å². The fourth-order valence-electron chi connectivity index (χ4n) is 3.47. The number of amides is 1. The van der Waals surface area contributed by atoms with Gasteiger partial charge in [0.05, 0.1) is 0 Å². The monoisotopic (exact) mass is 385 g/mol. The lowest BCUT2D eigenvalue weighted by Gasteiger charge is -2.35. The van der Waals surface area contributed by atoms with Crippen LogP contribution < -0.4 is 10.2 Å². The van der Waals surface area contributed by atoms with Crippen LogP contribution in [0.2, 0.25) is 5.02 Å². The Hall–Kier alpha value is -2.04. The van der Waals surface area contributed by atoms with E-state index in [1.807, 2.05) is 30.3 Å². The summed E-state index contributed by atoms with van der Waals surface area (Å²) in [5.74, 6) is 0.0300. The quantitative estimate of drug-likeness (QED) is 0.802. The van der Waals surface area contributed by atoms with Crippen LogP contribution in [0.3, 0.4) is 0 Å². The summed E-state index contributed by atoms with van der Waals surface area (Å²) < 4.78 is 0. The molecule has 0 aromatic heterocycles. The van der Waals surface area contributed by atoms with Crippen molar-refractivity contribution in [3.63, 3.8) is 0 Å². The fraction of sp³-hybridized carbons (Fsp3) is 0.409. The van der Waals surface area contributed by atoms with E-state index in [0.717, 1.165) is 49.5 Å². The number of nitrogens with one attached hydrogen (secondary N) is 1. The molecule has 1 saturated heterocycles. The number of rotatable bonds is 6. The van der Waals surface area contributed by atoms with E-state index in [2.05, 4.69) is 41.1 Å². The van der Waals surface area contributed by atoms with E-state index in [4.69, 9.17) is 11.6 Å². The molecule has 0 radical (unpaired) electrons. The fourth-order valence-corrected chi connectivity index (χ4v) is 3.68. The number of hydrogen-bond donors (Lipinski definition) is 1. The van der Waals surface area contributed by atoms with E-state index in [9.17, 15) is 4.79 Å². The first-order chi connectivity index (χ1) is 13.0. The van der Waals surface area contributed by atoms with Crippen molar-refractivity contribution in [2.75, 3.05) is 42.9 Å². The van der Waals surface area contributed by atoms with E-state index < -0.39 is 0 Å². The van der Waals surface area contributed by atoms with Crippen LogP contribution in [0.4, 0.5) is 11.4 Å². The average molecular weight is 386 g/mol. The van der Waals surface area contributed by atoms with Crippen molar-refractivity contribution in [3.8, 4) is 0 Å². The summed E-state index contributed by atoms with van der Waals surface area (Å²) in [5.41, 5.74) is 4.31. The number of carbonyl (C=O) groups is 1. The van der Waals surface area contributed by atoms with E-state index in [0.29, 0.717) is 17.9 Å². The summed E-state index contributed by atoms with van der Waals surface area (Å²) >= 11 is 6.00. The Bertz CT molecular complexity index is 785. The van der Waals surface area contributed by atoms with Gasteiger partial charge in [0.15, 0.2) is 0 Å². The van der Waals surface area contributed by atoms with Gasteiger partial charge < -0.3 is 15.1 Å². The Balaban J connectivity index is 1.55. The SMILES string of the molecule is CCN1CCN(c2ccc(NC(=O)CCc3cccc(Cl)c3)c(C)c2)CC1. The second-order valence-electron chi connectivity index (χ2n) is 7.10. The molecule has 0 spiro atoms. The Kier molecular flexibility index (Phi) is 6.75. The zero-order valence-electron chi connectivity index (χ0n) is 16.2. The summed E-state index contributed by atoms with van der Waals surface area (Å²) in [6, 6.07) is 14.0. The van der Waals surface area contributed by atoms with Gasteiger partial charge in [-0.3, -0.25) is 4.79 Å². The summed E-state index contributed by atoms with van der Waals surface area (Å²) in [5, 5.41) is 3.75. The molecule has 5 heteroatoms. The van der Waals surface area contributed by atoms with E-state index in [1.54, 1.807) is 0 Å². The molecule has 0 saturated carbocycles. The molecule has 1 amide bonds. The molecule has 0 aliphatic carbocycles. The van der Waals surface area contributed by atoms with Gasteiger partial charge in [0.1, 0.15) is 0 Å². The smallest absolute Gasteiger partial charge is 0.224 e.